The Morgan fingerprint density at radius 3 is 2.39 bits per heavy atom. The topological polar surface area (TPSA) is 12.5 Å². The Morgan fingerprint density at radius 1 is 1.13 bits per heavy atom. The van der Waals surface area contributed by atoms with E-state index in [0.717, 1.165) is 40.5 Å². The van der Waals surface area contributed by atoms with Crippen molar-refractivity contribution in [2.75, 3.05) is 18.6 Å². The summed E-state index contributed by atoms with van der Waals surface area (Å²) in [5.41, 5.74) is 5.75. The molecule has 0 amide bonds. The van der Waals surface area contributed by atoms with E-state index in [2.05, 4.69) is 43.5 Å². The number of allylic oxidation sites excluding steroid dienone is 1. The van der Waals surface area contributed by atoms with Crippen LogP contribution in [0.1, 0.15) is 25.8 Å². The highest BCUT2D eigenvalue weighted by molar-refractivity contribution is 6.30. The lowest BCUT2D eigenvalue weighted by atomic mass is 9.99. The minimum absolute atomic E-state index is 0.571. The van der Waals surface area contributed by atoms with E-state index < -0.39 is 0 Å². The Labute approximate surface area is 144 Å². The lowest BCUT2D eigenvalue weighted by Crippen LogP contribution is -2.21. The third kappa shape index (κ3) is 4.15. The van der Waals surface area contributed by atoms with Crippen LogP contribution in [0, 0.1) is 0 Å². The smallest absolute Gasteiger partial charge is 0.0719 e. The van der Waals surface area contributed by atoms with E-state index in [0.29, 0.717) is 6.61 Å². The third-order valence-corrected chi connectivity index (χ3v) is 4.21. The van der Waals surface area contributed by atoms with Crippen LogP contribution in [-0.2, 0) is 11.3 Å². The first-order chi connectivity index (χ1) is 11.1. The van der Waals surface area contributed by atoms with E-state index in [1.54, 1.807) is 7.11 Å². The van der Waals surface area contributed by atoms with Crippen molar-refractivity contribution in [1.29, 1.82) is 0 Å². The second-order valence-electron chi connectivity index (χ2n) is 5.45. The summed E-state index contributed by atoms with van der Waals surface area (Å²) in [4.78, 5) is 2.24. The molecular formula is C20H24ClNO. The predicted octanol–water partition coefficient (Wildman–Crippen LogP) is 5.90. The molecule has 2 nitrogen and oxygen atoms in total. The average molecular weight is 330 g/mol. The van der Waals surface area contributed by atoms with E-state index in [-0.39, 0.29) is 0 Å². The number of halogens is 1. The molecule has 122 valence electrons. The molecule has 2 rings (SSSR count). The van der Waals surface area contributed by atoms with Crippen LogP contribution in [0.2, 0.25) is 5.02 Å². The quantitative estimate of drug-likeness (QED) is 0.626. The minimum Gasteiger partial charge on any atom is -0.380 e. The van der Waals surface area contributed by atoms with Crippen LogP contribution in [0.5, 0.6) is 0 Å². The van der Waals surface area contributed by atoms with Crippen LogP contribution in [0.25, 0.3) is 11.1 Å². The number of benzene rings is 2. The number of methoxy groups -OCH3 is 1. The van der Waals surface area contributed by atoms with Crippen LogP contribution in [0.15, 0.2) is 54.7 Å². The van der Waals surface area contributed by atoms with E-state index in [1.165, 1.54) is 5.56 Å². The molecule has 0 bridgehead atoms. The Balaban J connectivity index is 2.45. The van der Waals surface area contributed by atoms with Gasteiger partial charge in [0.1, 0.15) is 0 Å². The van der Waals surface area contributed by atoms with E-state index in [1.807, 2.05) is 24.3 Å². The summed E-state index contributed by atoms with van der Waals surface area (Å²) in [5, 5.41) is 0.745. The zero-order valence-corrected chi connectivity index (χ0v) is 14.9. The summed E-state index contributed by atoms with van der Waals surface area (Å²) in [5.74, 6) is 0. The second kappa shape index (κ2) is 8.19. The Hall–Kier alpha value is -1.77. The number of ether oxygens (including phenoxy) is 1. The van der Waals surface area contributed by atoms with Crippen LogP contribution >= 0.6 is 11.6 Å². The van der Waals surface area contributed by atoms with Crippen LogP contribution < -0.4 is 4.90 Å². The zero-order chi connectivity index (χ0) is 16.8. The first-order valence-corrected chi connectivity index (χ1v) is 8.31. The number of rotatable bonds is 7. The van der Waals surface area contributed by atoms with Crippen molar-refractivity contribution in [3.63, 3.8) is 0 Å². The molecule has 0 aliphatic rings. The van der Waals surface area contributed by atoms with Crippen molar-refractivity contribution < 1.29 is 4.74 Å². The standard InChI is InChI=1S/C20H24ClNO/c1-5-15(3)22(6-2)19-11-12-20(17(13-19)14-23-4)16-7-9-18(21)10-8-16/h7-13H,3,5-6,14H2,1-2,4H3. The largest absolute Gasteiger partial charge is 0.380 e. The Bertz CT molecular complexity index is 664. The van der Waals surface area contributed by atoms with Gasteiger partial charge in [0, 0.05) is 30.1 Å². The maximum absolute atomic E-state index is 6.00. The van der Waals surface area contributed by atoms with Gasteiger partial charge in [-0.1, -0.05) is 43.3 Å². The summed E-state index contributed by atoms with van der Waals surface area (Å²) < 4.78 is 5.40. The van der Waals surface area contributed by atoms with Crippen molar-refractivity contribution in [3.8, 4) is 11.1 Å². The molecule has 0 aliphatic heterocycles. The van der Waals surface area contributed by atoms with Gasteiger partial charge in [-0.3, -0.25) is 0 Å². The lowest BCUT2D eigenvalue weighted by molar-refractivity contribution is 0.185. The highest BCUT2D eigenvalue weighted by Gasteiger charge is 2.11. The monoisotopic (exact) mass is 329 g/mol. The first kappa shape index (κ1) is 17.6. The van der Waals surface area contributed by atoms with Gasteiger partial charge in [-0.2, -0.15) is 0 Å². The average Bonchev–Trinajstić information content (AvgIpc) is 2.57. The summed E-state index contributed by atoms with van der Waals surface area (Å²) in [7, 11) is 1.72. The highest BCUT2D eigenvalue weighted by Crippen LogP contribution is 2.30. The molecule has 2 aromatic rings. The van der Waals surface area contributed by atoms with Gasteiger partial charge in [0.2, 0.25) is 0 Å². The fourth-order valence-corrected chi connectivity index (χ4v) is 2.84. The maximum atomic E-state index is 6.00. The number of hydrogen-bond donors (Lipinski definition) is 0. The summed E-state index contributed by atoms with van der Waals surface area (Å²) in [6, 6.07) is 14.4. The SMILES string of the molecule is C=C(CC)N(CC)c1ccc(-c2ccc(Cl)cc2)c(COC)c1. The maximum Gasteiger partial charge on any atom is 0.0719 e. The van der Waals surface area contributed by atoms with E-state index in [9.17, 15) is 0 Å². The van der Waals surface area contributed by atoms with Gasteiger partial charge >= 0.3 is 0 Å². The molecule has 0 spiro atoms. The molecule has 0 aromatic heterocycles. The lowest BCUT2D eigenvalue weighted by Gasteiger charge is -2.26. The predicted molar refractivity (Wildman–Crippen MR) is 100 cm³/mol. The van der Waals surface area contributed by atoms with Gasteiger partial charge in [0.15, 0.2) is 0 Å². The van der Waals surface area contributed by atoms with E-state index >= 15 is 0 Å². The molecule has 0 atom stereocenters. The van der Waals surface area contributed by atoms with E-state index in [4.69, 9.17) is 16.3 Å². The molecule has 0 heterocycles. The van der Waals surface area contributed by atoms with Gasteiger partial charge in [-0.05, 0) is 54.3 Å². The summed E-state index contributed by atoms with van der Waals surface area (Å²) in [6.45, 7) is 9.91. The molecule has 23 heavy (non-hydrogen) atoms. The minimum atomic E-state index is 0.571. The summed E-state index contributed by atoms with van der Waals surface area (Å²) in [6.07, 6.45) is 0.937. The van der Waals surface area contributed by atoms with Crippen LogP contribution in [0.4, 0.5) is 5.69 Å². The number of hydrogen-bond acceptors (Lipinski definition) is 2. The van der Waals surface area contributed by atoms with Gasteiger partial charge < -0.3 is 9.64 Å². The van der Waals surface area contributed by atoms with Gasteiger partial charge in [0.25, 0.3) is 0 Å². The van der Waals surface area contributed by atoms with Gasteiger partial charge in [0.05, 0.1) is 6.61 Å². The Morgan fingerprint density at radius 2 is 1.83 bits per heavy atom. The van der Waals surface area contributed by atoms with Crippen molar-refractivity contribution in [2.24, 2.45) is 0 Å². The van der Waals surface area contributed by atoms with Crippen LogP contribution in [0.3, 0.4) is 0 Å². The number of anilines is 1. The van der Waals surface area contributed by atoms with Gasteiger partial charge in [-0.15, -0.1) is 0 Å². The molecule has 0 saturated carbocycles. The van der Waals surface area contributed by atoms with Crippen molar-refractivity contribution in [1.82, 2.24) is 0 Å². The Kier molecular flexibility index (Phi) is 6.26. The molecule has 0 saturated heterocycles. The zero-order valence-electron chi connectivity index (χ0n) is 14.1. The molecule has 0 fully saturated rings. The molecule has 0 radical (unpaired) electrons. The molecule has 0 unspecified atom stereocenters. The molecule has 0 aliphatic carbocycles. The third-order valence-electron chi connectivity index (χ3n) is 3.96. The van der Waals surface area contributed by atoms with Crippen molar-refractivity contribution in [2.45, 2.75) is 26.9 Å². The second-order valence-corrected chi connectivity index (χ2v) is 5.88. The van der Waals surface area contributed by atoms with Gasteiger partial charge in [-0.25, -0.2) is 0 Å². The molecule has 2 aromatic carbocycles. The van der Waals surface area contributed by atoms with Crippen LogP contribution in [-0.4, -0.2) is 13.7 Å². The molecule has 0 N–H and O–H groups in total. The fourth-order valence-electron chi connectivity index (χ4n) is 2.71. The van der Waals surface area contributed by atoms with Crippen molar-refractivity contribution in [3.05, 3.63) is 65.3 Å². The highest BCUT2D eigenvalue weighted by atomic mass is 35.5. The normalized spacial score (nSPS) is 10.6. The van der Waals surface area contributed by atoms with Crippen molar-refractivity contribution >= 4 is 17.3 Å². The summed E-state index contributed by atoms with van der Waals surface area (Å²) >= 11 is 6.00. The first-order valence-electron chi connectivity index (χ1n) is 7.93. The molecule has 3 heteroatoms. The number of nitrogens with zero attached hydrogens (tertiary/aromatic N) is 1. The molecular weight excluding hydrogens is 306 g/mol. The fraction of sp³-hybridized carbons (Fsp3) is 0.300.